The van der Waals surface area contributed by atoms with Crippen molar-refractivity contribution in [2.75, 3.05) is 19.5 Å². The summed E-state index contributed by atoms with van der Waals surface area (Å²) in [6.07, 6.45) is 0. The summed E-state index contributed by atoms with van der Waals surface area (Å²) in [7, 11) is 3.12. The normalized spacial score (nSPS) is 10.6. The lowest BCUT2D eigenvalue weighted by molar-refractivity contribution is 0.259. The Labute approximate surface area is 158 Å². The minimum Gasteiger partial charge on any atom is -0.493 e. The molecule has 0 saturated carbocycles. The molecule has 9 heteroatoms. The van der Waals surface area contributed by atoms with Crippen LogP contribution in [-0.2, 0) is 0 Å². The Hall–Kier alpha value is -2.71. The molecule has 0 atom stereocenters. The van der Waals surface area contributed by atoms with Gasteiger partial charge < -0.3 is 20.5 Å². The Kier molecular flexibility index (Phi) is 5.34. The number of primary amides is 1. The van der Waals surface area contributed by atoms with Crippen LogP contribution < -0.4 is 20.5 Å². The average molecular weight is 391 g/mol. The molecule has 134 valence electrons. The van der Waals surface area contributed by atoms with Crippen LogP contribution in [0, 0.1) is 0 Å². The Morgan fingerprint density at radius 3 is 2.58 bits per heavy atom. The van der Waals surface area contributed by atoms with Gasteiger partial charge in [-0.25, -0.2) is 14.8 Å². The second-order valence-electron chi connectivity index (χ2n) is 5.14. The predicted molar refractivity (Wildman–Crippen MR) is 101 cm³/mol. The van der Waals surface area contributed by atoms with Crippen LogP contribution in [0.5, 0.6) is 11.5 Å². The van der Waals surface area contributed by atoms with Crippen molar-refractivity contribution in [3.63, 3.8) is 0 Å². The third-order valence-corrected chi connectivity index (χ3v) is 4.62. The number of urea groups is 1. The zero-order valence-electron chi connectivity index (χ0n) is 13.9. The number of hydrogen-bond donors (Lipinski definition) is 2. The summed E-state index contributed by atoms with van der Waals surface area (Å²) in [6, 6.07) is 10.2. The second-order valence-corrected chi connectivity index (χ2v) is 6.54. The van der Waals surface area contributed by atoms with E-state index in [4.69, 9.17) is 26.8 Å². The third-order valence-electron chi connectivity index (χ3n) is 3.45. The number of nitrogens with zero attached hydrogens (tertiary/aromatic N) is 2. The quantitative estimate of drug-likeness (QED) is 0.505. The van der Waals surface area contributed by atoms with E-state index in [9.17, 15) is 4.79 Å². The molecule has 2 amide bonds. The summed E-state index contributed by atoms with van der Waals surface area (Å²) in [5, 5.41) is 4.09. The molecular formula is C17H15ClN4O3S. The number of nitrogens with two attached hydrogens (primary N) is 1. The monoisotopic (exact) mass is 390 g/mol. The molecular weight excluding hydrogens is 376 g/mol. The maximum atomic E-state index is 11.0. The molecule has 7 nitrogen and oxygen atoms in total. The van der Waals surface area contributed by atoms with Crippen molar-refractivity contribution in [1.29, 1.82) is 0 Å². The average Bonchev–Trinajstić information content (AvgIpc) is 2.60. The fraction of sp³-hybridized carbons (Fsp3) is 0.118. The van der Waals surface area contributed by atoms with Gasteiger partial charge in [-0.3, -0.25) is 0 Å². The van der Waals surface area contributed by atoms with Gasteiger partial charge in [0.05, 0.1) is 19.7 Å². The van der Waals surface area contributed by atoms with Gasteiger partial charge in [-0.1, -0.05) is 17.8 Å². The molecule has 2 aromatic carbocycles. The standard InChI is InChI=1S/C17H15ClN4O3S/c1-24-13-7-11-12(8-14(13)25-2)21-16(18)22-15(11)26-10-5-3-4-9(6-10)20-17(19)23/h3-8H,1-2H3,(H3,19,20,23). The summed E-state index contributed by atoms with van der Waals surface area (Å²) in [5.74, 6) is 1.12. The van der Waals surface area contributed by atoms with E-state index in [1.165, 1.54) is 11.8 Å². The van der Waals surface area contributed by atoms with Crippen molar-refractivity contribution in [2.45, 2.75) is 9.92 Å². The van der Waals surface area contributed by atoms with Crippen LogP contribution in [0.4, 0.5) is 10.5 Å². The van der Waals surface area contributed by atoms with E-state index in [1.807, 2.05) is 12.1 Å². The molecule has 3 rings (SSSR count). The van der Waals surface area contributed by atoms with Crippen molar-refractivity contribution in [2.24, 2.45) is 5.73 Å². The van der Waals surface area contributed by atoms with E-state index >= 15 is 0 Å². The van der Waals surface area contributed by atoms with Crippen molar-refractivity contribution in [3.8, 4) is 11.5 Å². The molecule has 0 aliphatic heterocycles. The van der Waals surface area contributed by atoms with Crippen molar-refractivity contribution in [1.82, 2.24) is 9.97 Å². The molecule has 0 unspecified atom stereocenters. The van der Waals surface area contributed by atoms with Crippen molar-refractivity contribution < 1.29 is 14.3 Å². The van der Waals surface area contributed by atoms with Gasteiger partial charge in [0.25, 0.3) is 0 Å². The first-order chi connectivity index (χ1) is 12.5. The number of amides is 2. The topological polar surface area (TPSA) is 99.4 Å². The Balaban J connectivity index is 2.05. The Morgan fingerprint density at radius 2 is 1.88 bits per heavy atom. The summed E-state index contributed by atoms with van der Waals surface area (Å²) in [6.45, 7) is 0. The molecule has 0 radical (unpaired) electrons. The largest absolute Gasteiger partial charge is 0.493 e. The maximum absolute atomic E-state index is 11.0. The lowest BCUT2D eigenvalue weighted by atomic mass is 10.2. The first-order valence-corrected chi connectivity index (χ1v) is 8.63. The summed E-state index contributed by atoms with van der Waals surface area (Å²) in [5.41, 5.74) is 6.38. The number of methoxy groups -OCH3 is 2. The van der Waals surface area contributed by atoms with E-state index in [-0.39, 0.29) is 5.28 Å². The molecule has 0 fully saturated rings. The van der Waals surface area contributed by atoms with Gasteiger partial charge in [-0.05, 0) is 35.9 Å². The van der Waals surface area contributed by atoms with Crippen LogP contribution in [-0.4, -0.2) is 30.2 Å². The smallest absolute Gasteiger partial charge is 0.316 e. The summed E-state index contributed by atoms with van der Waals surface area (Å²) < 4.78 is 10.7. The minimum atomic E-state index is -0.625. The number of hydrogen-bond acceptors (Lipinski definition) is 6. The first-order valence-electron chi connectivity index (χ1n) is 7.44. The molecule has 0 aliphatic rings. The van der Waals surface area contributed by atoms with Gasteiger partial charge in [0.2, 0.25) is 5.28 Å². The van der Waals surface area contributed by atoms with E-state index in [1.54, 1.807) is 38.5 Å². The van der Waals surface area contributed by atoms with Gasteiger partial charge in [0.15, 0.2) is 11.5 Å². The van der Waals surface area contributed by atoms with Gasteiger partial charge in [-0.2, -0.15) is 0 Å². The molecule has 0 spiro atoms. The molecule has 0 aliphatic carbocycles. The van der Waals surface area contributed by atoms with E-state index < -0.39 is 6.03 Å². The number of carbonyl (C=O) groups is 1. The highest BCUT2D eigenvalue weighted by atomic mass is 35.5. The predicted octanol–water partition coefficient (Wildman–Crippen LogP) is 3.94. The highest BCUT2D eigenvalue weighted by Crippen LogP contribution is 2.38. The number of aromatic nitrogens is 2. The van der Waals surface area contributed by atoms with Crippen molar-refractivity contribution >= 4 is 46.0 Å². The Bertz CT molecular complexity index is 984. The Morgan fingerprint density at radius 1 is 1.15 bits per heavy atom. The number of ether oxygens (including phenoxy) is 2. The summed E-state index contributed by atoms with van der Waals surface area (Å²) in [4.78, 5) is 20.5. The molecule has 1 aromatic heterocycles. The lowest BCUT2D eigenvalue weighted by Crippen LogP contribution is -2.19. The van der Waals surface area contributed by atoms with Gasteiger partial charge in [-0.15, -0.1) is 0 Å². The summed E-state index contributed by atoms with van der Waals surface area (Å²) >= 11 is 7.46. The van der Waals surface area contributed by atoms with Gasteiger partial charge in [0, 0.05) is 22.0 Å². The van der Waals surface area contributed by atoms with Crippen LogP contribution in [0.3, 0.4) is 0 Å². The van der Waals surface area contributed by atoms with Crippen LogP contribution in [0.15, 0.2) is 46.3 Å². The number of carbonyl (C=O) groups excluding carboxylic acids is 1. The molecule has 26 heavy (non-hydrogen) atoms. The molecule has 3 aromatic rings. The van der Waals surface area contributed by atoms with Crippen LogP contribution in [0.25, 0.3) is 10.9 Å². The third kappa shape index (κ3) is 3.92. The zero-order valence-corrected chi connectivity index (χ0v) is 15.5. The van der Waals surface area contributed by atoms with Crippen LogP contribution in [0.1, 0.15) is 0 Å². The maximum Gasteiger partial charge on any atom is 0.316 e. The van der Waals surface area contributed by atoms with Crippen LogP contribution >= 0.6 is 23.4 Å². The van der Waals surface area contributed by atoms with Crippen LogP contribution in [0.2, 0.25) is 5.28 Å². The number of rotatable bonds is 5. The number of anilines is 1. The highest BCUT2D eigenvalue weighted by molar-refractivity contribution is 7.99. The fourth-order valence-electron chi connectivity index (χ4n) is 2.37. The number of halogens is 1. The molecule has 0 bridgehead atoms. The first kappa shape index (κ1) is 18.1. The number of nitrogens with one attached hydrogen (secondary N) is 1. The molecule has 0 saturated heterocycles. The number of benzene rings is 2. The highest BCUT2D eigenvalue weighted by Gasteiger charge is 2.14. The minimum absolute atomic E-state index is 0.124. The van der Waals surface area contributed by atoms with E-state index in [0.717, 1.165) is 10.3 Å². The second kappa shape index (κ2) is 7.67. The number of fused-ring (bicyclic) bond motifs is 1. The fourth-order valence-corrected chi connectivity index (χ4v) is 3.56. The van der Waals surface area contributed by atoms with Gasteiger partial charge >= 0.3 is 6.03 Å². The SMILES string of the molecule is COc1cc2nc(Cl)nc(Sc3cccc(NC(N)=O)c3)c2cc1OC. The zero-order chi connectivity index (χ0) is 18.7. The van der Waals surface area contributed by atoms with Crippen molar-refractivity contribution in [3.05, 3.63) is 41.7 Å². The van der Waals surface area contributed by atoms with Gasteiger partial charge in [0.1, 0.15) is 5.03 Å². The van der Waals surface area contributed by atoms with E-state index in [2.05, 4.69) is 15.3 Å². The lowest BCUT2D eigenvalue weighted by Gasteiger charge is -2.11. The molecule has 1 heterocycles. The molecule has 3 N–H and O–H groups in total. The van der Waals surface area contributed by atoms with E-state index in [0.29, 0.717) is 27.7 Å².